The molecule has 28 heavy (non-hydrogen) atoms. The number of rotatable bonds is 7. The molecule has 0 aliphatic heterocycles. The molecule has 0 N–H and O–H groups in total. The fourth-order valence-electron chi connectivity index (χ4n) is 3.10. The molecule has 3 aromatic rings. The lowest BCUT2D eigenvalue weighted by Gasteiger charge is -2.13. The molecular weight excluding hydrogens is 378 g/mol. The molecule has 5 nitrogen and oxygen atoms in total. The fraction of sp³-hybridized carbons (Fsp3) is 0.227. The number of ketones is 1. The Morgan fingerprint density at radius 2 is 1.64 bits per heavy atom. The Labute approximate surface area is 169 Å². The van der Waals surface area contributed by atoms with Crippen LogP contribution in [0.2, 0.25) is 0 Å². The monoisotopic (exact) mass is 399 g/mol. The number of benzene rings is 2. The molecule has 3 rings (SSSR count). The van der Waals surface area contributed by atoms with Crippen molar-refractivity contribution in [3.8, 4) is 17.2 Å². The van der Waals surface area contributed by atoms with Crippen LogP contribution in [0.3, 0.4) is 0 Å². The zero-order chi connectivity index (χ0) is 20.3. The number of nitrogens with zero attached hydrogens (tertiary/aromatic N) is 1. The number of fused-ring (bicyclic) bond motifs is 1. The summed E-state index contributed by atoms with van der Waals surface area (Å²) in [6, 6.07) is 13.0. The van der Waals surface area contributed by atoms with E-state index in [1.54, 1.807) is 38.0 Å². The van der Waals surface area contributed by atoms with E-state index in [-0.39, 0.29) is 5.78 Å². The van der Waals surface area contributed by atoms with Gasteiger partial charge in [0.15, 0.2) is 11.5 Å². The lowest BCUT2D eigenvalue weighted by atomic mass is 10.1. The Hall–Kier alpha value is -2.92. The van der Waals surface area contributed by atoms with Crippen molar-refractivity contribution >= 4 is 34.4 Å². The minimum absolute atomic E-state index is 0.141. The quantitative estimate of drug-likeness (QED) is 0.306. The summed E-state index contributed by atoms with van der Waals surface area (Å²) in [7, 11) is 4.77. The van der Waals surface area contributed by atoms with Gasteiger partial charge in [0, 0.05) is 11.5 Å². The van der Waals surface area contributed by atoms with Crippen LogP contribution in [0, 0.1) is 0 Å². The average Bonchev–Trinajstić information content (AvgIpc) is 3.09. The lowest BCUT2D eigenvalue weighted by Crippen LogP contribution is -2.08. The Morgan fingerprint density at radius 3 is 2.21 bits per heavy atom. The standard InChI is InChI=1S/C22H22ClNO4/c1-14(23)24-18-13-22(28-4)21(27-3)12-16(18)11-19(24)20(25)10-7-15-5-8-17(26-2)9-6-15/h5-14H,1-4H3/b10-7+. The molecule has 1 atom stereocenters. The molecule has 0 aliphatic carbocycles. The van der Waals surface area contributed by atoms with Crippen LogP contribution >= 0.6 is 11.6 Å². The number of hydrogen-bond acceptors (Lipinski definition) is 4. The molecule has 0 aliphatic rings. The maximum Gasteiger partial charge on any atom is 0.202 e. The summed E-state index contributed by atoms with van der Waals surface area (Å²) < 4.78 is 17.7. The van der Waals surface area contributed by atoms with Gasteiger partial charge in [-0.05, 0) is 42.8 Å². The van der Waals surface area contributed by atoms with Gasteiger partial charge < -0.3 is 18.8 Å². The summed E-state index contributed by atoms with van der Waals surface area (Å²) in [5.74, 6) is 1.81. The number of ether oxygens (including phenoxy) is 3. The highest BCUT2D eigenvalue weighted by Crippen LogP contribution is 2.36. The maximum absolute atomic E-state index is 12.9. The third kappa shape index (κ3) is 3.85. The van der Waals surface area contributed by atoms with Crippen molar-refractivity contribution in [3.63, 3.8) is 0 Å². The second kappa shape index (κ2) is 8.40. The number of hydrogen-bond donors (Lipinski definition) is 0. The number of alkyl halides is 1. The summed E-state index contributed by atoms with van der Waals surface area (Å²) in [6.07, 6.45) is 3.31. The lowest BCUT2D eigenvalue weighted by molar-refractivity contribution is 0.103. The topological polar surface area (TPSA) is 49.7 Å². The largest absolute Gasteiger partial charge is 0.497 e. The van der Waals surface area contributed by atoms with Crippen LogP contribution in [0.5, 0.6) is 17.2 Å². The summed E-state index contributed by atoms with van der Waals surface area (Å²) in [6.45, 7) is 1.82. The zero-order valence-corrected chi connectivity index (χ0v) is 17.0. The fourth-order valence-corrected chi connectivity index (χ4v) is 3.31. The molecule has 2 aromatic carbocycles. The maximum atomic E-state index is 12.9. The molecule has 0 amide bonds. The molecule has 0 radical (unpaired) electrons. The van der Waals surface area contributed by atoms with Crippen molar-refractivity contribution in [3.05, 3.63) is 59.8 Å². The highest BCUT2D eigenvalue weighted by Gasteiger charge is 2.19. The molecule has 0 saturated heterocycles. The van der Waals surface area contributed by atoms with E-state index in [0.717, 1.165) is 22.2 Å². The summed E-state index contributed by atoms with van der Waals surface area (Å²) in [5, 5.41) is 0.853. The first-order valence-corrected chi connectivity index (χ1v) is 9.19. The molecule has 1 aromatic heterocycles. The minimum atomic E-state index is -0.413. The van der Waals surface area contributed by atoms with E-state index in [1.807, 2.05) is 49.4 Å². The Morgan fingerprint density at radius 1 is 1.00 bits per heavy atom. The van der Waals surface area contributed by atoms with E-state index in [0.29, 0.717) is 17.2 Å². The SMILES string of the molecule is COc1ccc(/C=C/C(=O)c2cc3cc(OC)c(OC)cc3n2C(C)Cl)cc1. The molecule has 6 heteroatoms. The van der Waals surface area contributed by atoms with Crippen LogP contribution in [0.25, 0.3) is 17.0 Å². The molecule has 1 unspecified atom stereocenters. The van der Waals surface area contributed by atoms with Gasteiger partial charge in [0.25, 0.3) is 0 Å². The zero-order valence-electron chi connectivity index (χ0n) is 16.2. The van der Waals surface area contributed by atoms with Gasteiger partial charge in [0.1, 0.15) is 11.3 Å². The summed E-state index contributed by atoms with van der Waals surface area (Å²) in [4.78, 5) is 12.9. The van der Waals surface area contributed by atoms with Gasteiger partial charge in [-0.1, -0.05) is 29.8 Å². The van der Waals surface area contributed by atoms with E-state index in [2.05, 4.69) is 0 Å². The third-order valence-corrected chi connectivity index (χ3v) is 4.69. The normalized spacial score (nSPS) is 12.3. The first kappa shape index (κ1) is 19.8. The average molecular weight is 400 g/mol. The highest BCUT2D eigenvalue weighted by molar-refractivity contribution is 6.20. The van der Waals surface area contributed by atoms with Crippen molar-refractivity contribution in [1.29, 1.82) is 0 Å². The Kier molecular flexibility index (Phi) is 5.95. The highest BCUT2D eigenvalue weighted by atomic mass is 35.5. The van der Waals surface area contributed by atoms with E-state index in [9.17, 15) is 4.79 Å². The van der Waals surface area contributed by atoms with Gasteiger partial charge in [-0.3, -0.25) is 4.79 Å². The van der Waals surface area contributed by atoms with E-state index < -0.39 is 5.50 Å². The van der Waals surface area contributed by atoms with Crippen molar-refractivity contribution in [2.24, 2.45) is 0 Å². The predicted molar refractivity (Wildman–Crippen MR) is 112 cm³/mol. The van der Waals surface area contributed by atoms with E-state index in [4.69, 9.17) is 25.8 Å². The van der Waals surface area contributed by atoms with Gasteiger partial charge >= 0.3 is 0 Å². The van der Waals surface area contributed by atoms with Crippen LogP contribution in [-0.4, -0.2) is 31.7 Å². The number of carbonyl (C=O) groups excluding carboxylic acids is 1. The number of methoxy groups -OCH3 is 3. The van der Waals surface area contributed by atoms with E-state index >= 15 is 0 Å². The van der Waals surface area contributed by atoms with Crippen LogP contribution in [0.1, 0.15) is 28.5 Å². The smallest absolute Gasteiger partial charge is 0.202 e. The minimum Gasteiger partial charge on any atom is -0.497 e. The molecule has 0 fully saturated rings. The number of allylic oxidation sites excluding steroid dienone is 1. The predicted octanol–water partition coefficient (Wildman–Crippen LogP) is 5.32. The van der Waals surface area contributed by atoms with Crippen molar-refractivity contribution in [1.82, 2.24) is 4.57 Å². The van der Waals surface area contributed by atoms with Crippen molar-refractivity contribution < 1.29 is 19.0 Å². The van der Waals surface area contributed by atoms with Gasteiger partial charge in [-0.2, -0.15) is 0 Å². The van der Waals surface area contributed by atoms with Crippen LogP contribution < -0.4 is 14.2 Å². The second-order valence-electron chi connectivity index (χ2n) is 6.21. The van der Waals surface area contributed by atoms with Gasteiger partial charge in [-0.15, -0.1) is 0 Å². The summed E-state index contributed by atoms with van der Waals surface area (Å²) >= 11 is 6.39. The van der Waals surface area contributed by atoms with E-state index in [1.165, 1.54) is 0 Å². The number of aromatic nitrogens is 1. The van der Waals surface area contributed by atoms with Gasteiger partial charge in [-0.25, -0.2) is 0 Å². The Balaban J connectivity index is 2.01. The first-order valence-electron chi connectivity index (χ1n) is 8.76. The third-order valence-electron chi connectivity index (χ3n) is 4.50. The van der Waals surface area contributed by atoms with Crippen LogP contribution in [0.4, 0.5) is 0 Å². The molecule has 0 saturated carbocycles. The second-order valence-corrected chi connectivity index (χ2v) is 6.84. The van der Waals surface area contributed by atoms with Gasteiger partial charge in [0.05, 0.1) is 32.5 Å². The van der Waals surface area contributed by atoms with Crippen LogP contribution in [-0.2, 0) is 0 Å². The van der Waals surface area contributed by atoms with Crippen molar-refractivity contribution in [2.45, 2.75) is 12.4 Å². The number of halogens is 1. The Bertz CT molecular complexity index is 1020. The number of carbonyl (C=O) groups is 1. The van der Waals surface area contributed by atoms with Gasteiger partial charge in [0.2, 0.25) is 5.78 Å². The molecule has 0 spiro atoms. The molecule has 1 heterocycles. The van der Waals surface area contributed by atoms with Crippen molar-refractivity contribution in [2.75, 3.05) is 21.3 Å². The molecule has 0 bridgehead atoms. The summed E-state index contributed by atoms with van der Waals surface area (Å²) in [5.41, 5.74) is 1.79. The van der Waals surface area contributed by atoms with Crippen LogP contribution in [0.15, 0.2) is 48.5 Å². The molecule has 146 valence electrons. The molecular formula is C22H22ClNO4. The first-order chi connectivity index (χ1) is 13.5.